The molecule has 4 nitrogen and oxygen atoms in total. The monoisotopic (exact) mass is 456 g/mol. The first kappa shape index (κ1) is 25.1. The number of carbonyl (C=O) groups is 2. The van der Waals surface area contributed by atoms with Crippen LogP contribution >= 0.6 is 0 Å². The molecule has 176 valence electrons. The molecular weight excluding hydrogens is 424 g/mol. The van der Waals surface area contributed by atoms with Gasteiger partial charge in [0.2, 0.25) is 0 Å². The van der Waals surface area contributed by atoms with Gasteiger partial charge in [-0.05, 0) is 48.7 Å². The average molecular weight is 457 g/mol. The third-order valence-corrected chi connectivity index (χ3v) is 5.60. The Morgan fingerprint density at radius 3 is 1.91 bits per heavy atom. The molecule has 34 heavy (non-hydrogen) atoms. The third-order valence-electron chi connectivity index (χ3n) is 5.60. The number of ether oxygens (including phenoxy) is 1. The Morgan fingerprint density at radius 1 is 0.676 bits per heavy atom. The van der Waals surface area contributed by atoms with Gasteiger partial charge in [0.1, 0.15) is 5.75 Å². The molecule has 0 aromatic heterocycles. The Morgan fingerprint density at radius 2 is 1.26 bits per heavy atom. The van der Waals surface area contributed by atoms with Gasteiger partial charge in [0.05, 0.1) is 6.61 Å². The molecule has 0 aliphatic rings. The van der Waals surface area contributed by atoms with Crippen LogP contribution in [-0.2, 0) is 0 Å². The quantitative estimate of drug-likeness (QED) is 0.170. The molecule has 3 rings (SSSR count). The molecule has 4 heteroatoms. The zero-order chi connectivity index (χ0) is 24.0. The summed E-state index contributed by atoms with van der Waals surface area (Å²) in [7, 11) is 0. The predicted octanol–water partition coefficient (Wildman–Crippen LogP) is 6.53. The first-order valence-corrected chi connectivity index (χ1v) is 11.9. The molecule has 0 radical (unpaired) electrons. The summed E-state index contributed by atoms with van der Waals surface area (Å²) in [5.74, 6) is 0.659. The lowest BCUT2D eigenvalue weighted by Crippen LogP contribution is -2.02. The maximum Gasteiger partial charge on any atom is 0.193 e. The highest BCUT2D eigenvalue weighted by molar-refractivity contribution is 6.09. The van der Waals surface area contributed by atoms with E-state index in [0.29, 0.717) is 23.3 Å². The zero-order valence-electron chi connectivity index (χ0n) is 19.5. The van der Waals surface area contributed by atoms with Gasteiger partial charge in [-0.1, -0.05) is 86.4 Å². The molecule has 0 saturated heterocycles. The molecule has 0 bridgehead atoms. The van der Waals surface area contributed by atoms with Crippen LogP contribution < -0.4 is 4.74 Å². The van der Waals surface area contributed by atoms with Gasteiger partial charge in [-0.2, -0.15) is 0 Å². The highest BCUT2D eigenvalue weighted by Gasteiger charge is 2.09. The molecule has 3 aromatic carbocycles. The van der Waals surface area contributed by atoms with Crippen LogP contribution in [0.25, 0.3) is 6.08 Å². The van der Waals surface area contributed by atoms with Gasteiger partial charge in [0.25, 0.3) is 0 Å². The summed E-state index contributed by atoms with van der Waals surface area (Å²) in [6.07, 6.45) is 9.70. The lowest BCUT2D eigenvalue weighted by atomic mass is 10.0. The van der Waals surface area contributed by atoms with Crippen molar-refractivity contribution < 1.29 is 19.4 Å². The molecular formula is C30H32O4. The molecule has 0 atom stereocenters. The number of unbranched alkanes of at least 4 members (excludes halogenated alkanes) is 5. The second-order valence-corrected chi connectivity index (χ2v) is 8.23. The molecule has 0 aliphatic heterocycles. The van der Waals surface area contributed by atoms with Gasteiger partial charge in [-0.3, -0.25) is 9.59 Å². The van der Waals surface area contributed by atoms with Crippen molar-refractivity contribution in [3.8, 4) is 5.75 Å². The number of carbonyl (C=O) groups excluding carboxylic acids is 2. The van der Waals surface area contributed by atoms with E-state index >= 15 is 0 Å². The van der Waals surface area contributed by atoms with Crippen LogP contribution in [0.15, 0.2) is 84.9 Å². The van der Waals surface area contributed by atoms with E-state index in [1.165, 1.54) is 0 Å². The van der Waals surface area contributed by atoms with Crippen molar-refractivity contribution in [3.05, 3.63) is 107 Å². The van der Waals surface area contributed by atoms with Crippen LogP contribution in [0.4, 0.5) is 0 Å². The lowest BCUT2D eigenvalue weighted by Gasteiger charge is -2.07. The van der Waals surface area contributed by atoms with E-state index in [1.54, 1.807) is 48.6 Å². The fourth-order valence-electron chi connectivity index (χ4n) is 3.60. The maximum atomic E-state index is 12.8. The molecule has 0 unspecified atom stereocenters. The van der Waals surface area contributed by atoms with E-state index in [9.17, 15) is 9.59 Å². The van der Waals surface area contributed by atoms with Crippen LogP contribution in [0.5, 0.6) is 5.75 Å². The first-order chi connectivity index (χ1) is 16.7. The van der Waals surface area contributed by atoms with Gasteiger partial charge in [0, 0.05) is 23.3 Å². The second-order valence-electron chi connectivity index (χ2n) is 8.23. The average Bonchev–Trinajstić information content (AvgIpc) is 2.89. The van der Waals surface area contributed by atoms with Crippen molar-refractivity contribution in [1.82, 2.24) is 0 Å². The molecule has 0 heterocycles. The van der Waals surface area contributed by atoms with Crippen LogP contribution in [0, 0.1) is 0 Å². The Hall–Kier alpha value is -3.50. The Bertz CT molecular complexity index is 1050. The summed E-state index contributed by atoms with van der Waals surface area (Å²) in [5, 5.41) is 8.78. The second kappa shape index (κ2) is 13.9. The number of hydrogen-bond donors (Lipinski definition) is 1. The number of rotatable bonds is 14. The summed E-state index contributed by atoms with van der Waals surface area (Å²) >= 11 is 0. The highest BCUT2D eigenvalue weighted by atomic mass is 16.5. The lowest BCUT2D eigenvalue weighted by molar-refractivity contribution is 0.103. The van der Waals surface area contributed by atoms with Crippen LogP contribution in [0.2, 0.25) is 0 Å². The molecule has 1 N–H and O–H groups in total. The fraction of sp³-hybridized carbons (Fsp3) is 0.267. The largest absolute Gasteiger partial charge is 0.494 e. The number of ketones is 2. The van der Waals surface area contributed by atoms with Crippen molar-refractivity contribution >= 4 is 17.6 Å². The van der Waals surface area contributed by atoms with E-state index in [2.05, 4.69) is 0 Å². The first-order valence-electron chi connectivity index (χ1n) is 11.9. The van der Waals surface area contributed by atoms with E-state index < -0.39 is 0 Å². The third kappa shape index (κ3) is 8.13. The smallest absolute Gasteiger partial charge is 0.193 e. The Labute approximate surface area is 201 Å². The summed E-state index contributed by atoms with van der Waals surface area (Å²) in [4.78, 5) is 25.0. The Kier molecular flexibility index (Phi) is 10.3. The number of aliphatic hydroxyl groups excluding tert-OH is 1. The maximum absolute atomic E-state index is 12.8. The van der Waals surface area contributed by atoms with Gasteiger partial charge < -0.3 is 9.84 Å². The van der Waals surface area contributed by atoms with Crippen LogP contribution in [-0.4, -0.2) is 29.9 Å². The number of aliphatic hydroxyl groups is 1. The molecule has 0 aliphatic carbocycles. The van der Waals surface area contributed by atoms with Crippen LogP contribution in [0.1, 0.15) is 70.4 Å². The van der Waals surface area contributed by atoms with Crippen LogP contribution in [0.3, 0.4) is 0 Å². The number of benzene rings is 3. The minimum absolute atomic E-state index is 0.0506. The fourth-order valence-corrected chi connectivity index (χ4v) is 3.60. The zero-order valence-corrected chi connectivity index (χ0v) is 19.5. The predicted molar refractivity (Wildman–Crippen MR) is 136 cm³/mol. The number of hydrogen-bond acceptors (Lipinski definition) is 4. The summed E-state index contributed by atoms with van der Waals surface area (Å²) in [5.41, 5.74) is 2.71. The van der Waals surface area contributed by atoms with Crippen molar-refractivity contribution in [1.29, 1.82) is 0 Å². The van der Waals surface area contributed by atoms with E-state index in [-0.39, 0.29) is 18.2 Å². The SMILES string of the molecule is O=C(/C=C/c1ccc(C(=O)c2ccc(OCCCCCCCCO)cc2)cc1)c1ccccc1. The molecule has 0 fully saturated rings. The molecule has 3 aromatic rings. The normalized spacial score (nSPS) is 11.0. The Balaban J connectivity index is 1.46. The molecule has 0 amide bonds. The number of allylic oxidation sites excluding steroid dienone is 1. The topological polar surface area (TPSA) is 63.6 Å². The van der Waals surface area contributed by atoms with Crippen molar-refractivity contribution in [3.63, 3.8) is 0 Å². The summed E-state index contributed by atoms with van der Waals surface area (Å²) in [6, 6.07) is 23.6. The summed E-state index contributed by atoms with van der Waals surface area (Å²) < 4.78 is 5.78. The standard InChI is InChI=1S/C30H32O4/c31-22-8-3-1-2-4-9-23-34-28-19-17-27(18-20-28)30(33)26-15-12-24(13-16-26)14-21-29(32)25-10-6-5-7-11-25/h5-7,10-21,31H,1-4,8-9,22-23H2/b21-14+. The van der Waals surface area contributed by atoms with Crippen molar-refractivity contribution in [2.45, 2.75) is 38.5 Å². The van der Waals surface area contributed by atoms with Gasteiger partial charge in [0.15, 0.2) is 11.6 Å². The van der Waals surface area contributed by atoms with E-state index in [0.717, 1.165) is 49.8 Å². The molecule has 0 spiro atoms. The van der Waals surface area contributed by atoms with Gasteiger partial charge >= 0.3 is 0 Å². The van der Waals surface area contributed by atoms with Gasteiger partial charge in [-0.25, -0.2) is 0 Å². The van der Waals surface area contributed by atoms with Gasteiger partial charge in [-0.15, -0.1) is 0 Å². The summed E-state index contributed by atoms with van der Waals surface area (Å²) in [6.45, 7) is 0.941. The minimum atomic E-state index is -0.0545. The minimum Gasteiger partial charge on any atom is -0.494 e. The highest BCUT2D eigenvalue weighted by Crippen LogP contribution is 2.17. The van der Waals surface area contributed by atoms with E-state index in [4.69, 9.17) is 9.84 Å². The van der Waals surface area contributed by atoms with E-state index in [1.807, 2.05) is 42.5 Å². The molecule has 0 saturated carbocycles. The van der Waals surface area contributed by atoms with Crippen molar-refractivity contribution in [2.75, 3.05) is 13.2 Å². The van der Waals surface area contributed by atoms with Crippen molar-refractivity contribution in [2.24, 2.45) is 0 Å².